The Morgan fingerprint density at radius 3 is 2.65 bits per heavy atom. The number of nitrogens with two attached hydrogens (primary N) is 1. The maximum atomic E-state index is 13.1. The number of hydrogen-bond donors (Lipinski definition) is 1. The van der Waals surface area contributed by atoms with Crippen LogP contribution in [0.15, 0.2) is 24.3 Å². The average molecular weight is 257 g/mol. The van der Waals surface area contributed by atoms with Crippen molar-refractivity contribution in [2.75, 3.05) is 12.3 Å². The van der Waals surface area contributed by atoms with E-state index in [2.05, 4.69) is 0 Å². The smallest absolute Gasteiger partial charge is 0.153 e. The molecule has 0 radical (unpaired) electrons. The van der Waals surface area contributed by atoms with Gasteiger partial charge in [0.2, 0.25) is 0 Å². The predicted molar refractivity (Wildman–Crippen MR) is 64.9 cm³/mol. The first-order valence-corrected chi connectivity index (χ1v) is 7.40. The topological polar surface area (TPSA) is 60.2 Å². The second kappa shape index (κ2) is 4.38. The highest BCUT2D eigenvalue weighted by Gasteiger charge is 2.56. The fourth-order valence-corrected chi connectivity index (χ4v) is 4.37. The molecule has 17 heavy (non-hydrogen) atoms. The SMILES string of the molecule is CCS(=O)(=O)C1C(CN)C1c1cccc(F)c1. The molecule has 2 N–H and O–H groups in total. The molecule has 3 unspecified atom stereocenters. The van der Waals surface area contributed by atoms with Crippen LogP contribution in [0.4, 0.5) is 4.39 Å². The Bertz CT molecular complexity index is 515. The van der Waals surface area contributed by atoms with E-state index in [0.29, 0.717) is 6.54 Å². The molecule has 0 heterocycles. The van der Waals surface area contributed by atoms with E-state index < -0.39 is 15.1 Å². The van der Waals surface area contributed by atoms with Gasteiger partial charge in [0.25, 0.3) is 0 Å². The molecule has 1 aromatic rings. The van der Waals surface area contributed by atoms with Crippen LogP contribution in [0.1, 0.15) is 18.4 Å². The van der Waals surface area contributed by atoms with Crippen molar-refractivity contribution < 1.29 is 12.8 Å². The van der Waals surface area contributed by atoms with Gasteiger partial charge in [-0.1, -0.05) is 19.1 Å². The standard InChI is InChI=1S/C12H16FNO2S/c1-2-17(15,16)12-10(7-14)11(12)8-4-3-5-9(13)6-8/h3-6,10-12H,2,7,14H2,1H3. The summed E-state index contributed by atoms with van der Waals surface area (Å²) in [5, 5.41) is -0.431. The van der Waals surface area contributed by atoms with Crippen molar-refractivity contribution in [1.29, 1.82) is 0 Å². The van der Waals surface area contributed by atoms with Crippen LogP contribution in [0.2, 0.25) is 0 Å². The Kier molecular flexibility index (Phi) is 3.23. The zero-order valence-corrected chi connectivity index (χ0v) is 10.5. The van der Waals surface area contributed by atoms with Crippen LogP contribution in [0.5, 0.6) is 0 Å². The lowest BCUT2D eigenvalue weighted by Gasteiger charge is -2.00. The largest absolute Gasteiger partial charge is 0.330 e. The van der Waals surface area contributed by atoms with Crippen LogP contribution < -0.4 is 5.73 Å². The Morgan fingerprint density at radius 2 is 2.12 bits per heavy atom. The van der Waals surface area contributed by atoms with Crippen LogP contribution in [0, 0.1) is 11.7 Å². The summed E-state index contributed by atoms with van der Waals surface area (Å²) < 4.78 is 36.8. The minimum atomic E-state index is -3.10. The summed E-state index contributed by atoms with van der Waals surface area (Å²) in [6.07, 6.45) is 0. The molecule has 0 bridgehead atoms. The Morgan fingerprint density at radius 1 is 1.41 bits per heavy atom. The second-order valence-corrected chi connectivity index (χ2v) is 6.84. The van der Waals surface area contributed by atoms with Crippen LogP contribution in [-0.2, 0) is 9.84 Å². The van der Waals surface area contributed by atoms with Gasteiger partial charge in [-0.15, -0.1) is 0 Å². The number of halogens is 1. The molecule has 1 aromatic carbocycles. The third-order valence-corrected chi connectivity index (χ3v) is 5.70. The van der Waals surface area contributed by atoms with Crippen LogP contribution in [0.3, 0.4) is 0 Å². The van der Waals surface area contributed by atoms with Gasteiger partial charge >= 0.3 is 0 Å². The minimum Gasteiger partial charge on any atom is -0.330 e. The van der Waals surface area contributed by atoms with Gasteiger partial charge in [-0.3, -0.25) is 0 Å². The van der Waals surface area contributed by atoms with E-state index in [9.17, 15) is 12.8 Å². The maximum absolute atomic E-state index is 13.1. The third kappa shape index (κ3) is 2.21. The van der Waals surface area contributed by atoms with E-state index in [1.165, 1.54) is 12.1 Å². The lowest BCUT2D eigenvalue weighted by Crippen LogP contribution is -2.15. The highest BCUT2D eigenvalue weighted by molar-refractivity contribution is 7.92. The van der Waals surface area contributed by atoms with Gasteiger partial charge in [-0.05, 0) is 30.2 Å². The summed E-state index contributed by atoms with van der Waals surface area (Å²) in [5.41, 5.74) is 6.32. The fourth-order valence-electron chi connectivity index (χ4n) is 2.46. The highest BCUT2D eigenvalue weighted by Crippen LogP contribution is 2.51. The molecule has 3 nitrogen and oxygen atoms in total. The molecule has 0 amide bonds. The van der Waals surface area contributed by atoms with Gasteiger partial charge in [0, 0.05) is 11.7 Å². The first-order chi connectivity index (χ1) is 8.01. The molecule has 1 fully saturated rings. The molecule has 5 heteroatoms. The first kappa shape index (κ1) is 12.5. The lowest BCUT2D eigenvalue weighted by atomic mass is 10.1. The number of benzene rings is 1. The quantitative estimate of drug-likeness (QED) is 0.884. The molecule has 0 aromatic heterocycles. The first-order valence-electron chi connectivity index (χ1n) is 5.68. The average Bonchev–Trinajstić information content (AvgIpc) is 3.04. The van der Waals surface area contributed by atoms with Gasteiger partial charge < -0.3 is 5.73 Å². The molecule has 1 aliphatic carbocycles. The molecule has 94 valence electrons. The normalized spacial score (nSPS) is 28.1. The number of hydrogen-bond acceptors (Lipinski definition) is 3. The summed E-state index contributed by atoms with van der Waals surface area (Å²) >= 11 is 0. The van der Waals surface area contributed by atoms with E-state index in [0.717, 1.165) is 5.56 Å². The summed E-state index contributed by atoms with van der Waals surface area (Å²) in [6, 6.07) is 6.12. The predicted octanol–water partition coefficient (Wildman–Crippen LogP) is 1.30. The molecular formula is C12H16FNO2S. The van der Waals surface area contributed by atoms with Crippen molar-refractivity contribution in [2.24, 2.45) is 11.7 Å². The van der Waals surface area contributed by atoms with Crippen molar-refractivity contribution in [3.63, 3.8) is 0 Å². The molecule has 2 rings (SSSR count). The third-order valence-electron chi connectivity index (χ3n) is 3.42. The fraction of sp³-hybridized carbons (Fsp3) is 0.500. The van der Waals surface area contributed by atoms with E-state index >= 15 is 0 Å². The van der Waals surface area contributed by atoms with E-state index in [1.807, 2.05) is 0 Å². The molecule has 3 atom stereocenters. The van der Waals surface area contributed by atoms with Gasteiger partial charge in [0.1, 0.15) is 5.82 Å². The van der Waals surface area contributed by atoms with E-state index in [-0.39, 0.29) is 23.4 Å². The summed E-state index contributed by atoms with van der Waals surface area (Å²) in [6.45, 7) is 1.95. The van der Waals surface area contributed by atoms with Crippen LogP contribution in [0.25, 0.3) is 0 Å². The van der Waals surface area contributed by atoms with E-state index in [4.69, 9.17) is 5.73 Å². The Balaban J connectivity index is 2.29. The molecule has 1 aliphatic rings. The zero-order chi connectivity index (χ0) is 12.6. The summed E-state index contributed by atoms with van der Waals surface area (Å²) in [7, 11) is -3.10. The van der Waals surface area contributed by atoms with Crippen LogP contribution in [-0.4, -0.2) is 26.0 Å². The molecule has 0 spiro atoms. The highest BCUT2D eigenvalue weighted by atomic mass is 32.2. The molecule has 1 saturated carbocycles. The van der Waals surface area contributed by atoms with Crippen molar-refractivity contribution in [3.8, 4) is 0 Å². The maximum Gasteiger partial charge on any atom is 0.153 e. The molecule has 0 aliphatic heterocycles. The summed E-state index contributed by atoms with van der Waals surface area (Å²) in [4.78, 5) is 0. The number of sulfone groups is 1. The zero-order valence-electron chi connectivity index (χ0n) is 9.64. The van der Waals surface area contributed by atoms with Gasteiger partial charge in [0.05, 0.1) is 5.25 Å². The van der Waals surface area contributed by atoms with Gasteiger partial charge in [-0.2, -0.15) is 0 Å². The Labute approximate surface area is 101 Å². The van der Waals surface area contributed by atoms with E-state index in [1.54, 1.807) is 19.1 Å². The molecule has 0 saturated heterocycles. The van der Waals surface area contributed by atoms with Gasteiger partial charge in [0.15, 0.2) is 9.84 Å². The number of rotatable bonds is 4. The van der Waals surface area contributed by atoms with Crippen molar-refractivity contribution in [3.05, 3.63) is 35.6 Å². The minimum absolute atomic E-state index is 0.0678. The van der Waals surface area contributed by atoms with Crippen molar-refractivity contribution >= 4 is 9.84 Å². The molecular weight excluding hydrogens is 241 g/mol. The van der Waals surface area contributed by atoms with Crippen molar-refractivity contribution in [1.82, 2.24) is 0 Å². The monoisotopic (exact) mass is 257 g/mol. The van der Waals surface area contributed by atoms with Crippen molar-refractivity contribution in [2.45, 2.75) is 18.1 Å². The van der Waals surface area contributed by atoms with Crippen LogP contribution >= 0.6 is 0 Å². The lowest BCUT2D eigenvalue weighted by molar-refractivity contribution is 0.592. The van der Waals surface area contributed by atoms with Gasteiger partial charge in [-0.25, -0.2) is 12.8 Å². The second-order valence-electron chi connectivity index (χ2n) is 4.40. The summed E-state index contributed by atoms with van der Waals surface area (Å²) in [5.74, 6) is -0.430. The Hall–Kier alpha value is -0.940.